The first kappa shape index (κ1) is 16.2. The number of nitrogens with one attached hydrogen (secondary N) is 1. The highest BCUT2D eigenvalue weighted by Crippen LogP contribution is 2.21. The lowest BCUT2D eigenvalue weighted by atomic mass is 10.0. The van der Waals surface area contributed by atoms with Gasteiger partial charge in [0.2, 0.25) is 0 Å². The molecule has 1 aliphatic rings. The summed E-state index contributed by atoms with van der Waals surface area (Å²) in [5.41, 5.74) is 2.57. The van der Waals surface area contributed by atoms with Gasteiger partial charge in [0.1, 0.15) is 0 Å². The summed E-state index contributed by atoms with van der Waals surface area (Å²) in [6, 6.07) is 12.9. The molecule has 0 bridgehead atoms. The minimum Gasteiger partial charge on any atom is -0.349 e. The molecule has 3 nitrogen and oxygen atoms in total. The van der Waals surface area contributed by atoms with E-state index in [1.807, 2.05) is 6.07 Å². The molecule has 0 unspecified atom stereocenters. The predicted molar refractivity (Wildman–Crippen MR) is 96.0 cm³/mol. The van der Waals surface area contributed by atoms with Crippen molar-refractivity contribution >= 4 is 17.2 Å². The summed E-state index contributed by atoms with van der Waals surface area (Å²) in [6.07, 6.45) is 2.06. The second kappa shape index (κ2) is 7.28. The van der Waals surface area contributed by atoms with E-state index in [0.717, 1.165) is 37.4 Å². The van der Waals surface area contributed by atoms with E-state index in [2.05, 4.69) is 54.4 Å². The number of benzene rings is 1. The molecule has 0 radical (unpaired) electrons. The largest absolute Gasteiger partial charge is 0.349 e. The maximum atomic E-state index is 12.3. The van der Waals surface area contributed by atoms with Gasteiger partial charge in [0.05, 0.1) is 4.88 Å². The van der Waals surface area contributed by atoms with E-state index < -0.39 is 0 Å². The van der Waals surface area contributed by atoms with Crippen LogP contribution in [0.3, 0.4) is 0 Å². The van der Waals surface area contributed by atoms with E-state index in [0.29, 0.717) is 6.04 Å². The number of hydrogen-bond acceptors (Lipinski definition) is 3. The number of piperidine rings is 1. The number of thiophene rings is 1. The average molecular weight is 328 g/mol. The monoisotopic (exact) mass is 328 g/mol. The molecule has 0 spiro atoms. The van der Waals surface area contributed by atoms with Gasteiger partial charge in [0.25, 0.3) is 5.91 Å². The smallest absolute Gasteiger partial charge is 0.261 e. The van der Waals surface area contributed by atoms with E-state index in [4.69, 9.17) is 0 Å². The molecule has 1 N–H and O–H groups in total. The summed E-state index contributed by atoms with van der Waals surface area (Å²) in [5.74, 6) is 0.0905. The van der Waals surface area contributed by atoms with Crippen LogP contribution >= 0.6 is 11.3 Å². The Morgan fingerprint density at radius 2 is 1.91 bits per heavy atom. The van der Waals surface area contributed by atoms with Crippen molar-refractivity contribution in [3.05, 3.63) is 57.3 Å². The molecule has 2 aromatic rings. The molecular weight excluding hydrogens is 304 g/mol. The molecular formula is C19H24N2OS. The van der Waals surface area contributed by atoms with Crippen molar-refractivity contribution in [2.24, 2.45) is 0 Å². The minimum atomic E-state index is 0.0905. The lowest BCUT2D eigenvalue weighted by Crippen LogP contribution is -2.44. The van der Waals surface area contributed by atoms with Gasteiger partial charge in [-0.1, -0.05) is 30.3 Å². The molecule has 1 aliphatic heterocycles. The summed E-state index contributed by atoms with van der Waals surface area (Å²) >= 11 is 1.59. The van der Waals surface area contributed by atoms with Gasteiger partial charge in [0, 0.05) is 30.6 Å². The molecule has 2 heterocycles. The van der Waals surface area contributed by atoms with Crippen LogP contribution in [0, 0.1) is 13.8 Å². The van der Waals surface area contributed by atoms with E-state index >= 15 is 0 Å². The number of rotatable bonds is 4. The summed E-state index contributed by atoms with van der Waals surface area (Å²) in [5, 5.41) is 3.20. The van der Waals surface area contributed by atoms with Gasteiger partial charge in [-0.3, -0.25) is 9.69 Å². The normalized spacial score (nSPS) is 16.4. The molecule has 3 rings (SSSR count). The van der Waals surface area contributed by atoms with Gasteiger partial charge in [-0.05, 0) is 43.9 Å². The van der Waals surface area contributed by atoms with Crippen LogP contribution in [-0.4, -0.2) is 29.9 Å². The molecule has 122 valence electrons. The predicted octanol–water partition coefficient (Wildman–Crippen LogP) is 3.76. The van der Waals surface area contributed by atoms with E-state index in [-0.39, 0.29) is 5.91 Å². The van der Waals surface area contributed by atoms with Crippen LogP contribution in [0.5, 0.6) is 0 Å². The van der Waals surface area contributed by atoms with Gasteiger partial charge in [-0.15, -0.1) is 11.3 Å². The number of aryl methyl sites for hydroxylation is 2. The quantitative estimate of drug-likeness (QED) is 0.927. The third kappa shape index (κ3) is 4.21. The number of likely N-dealkylation sites (tertiary alicyclic amines) is 1. The third-order valence-corrected chi connectivity index (χ3v) is 5.71. The van der Waals surface area contributed by atoms with Crippen LogP contribution in [0.25, 0.3) is 0 Å². The lowest BCUT2D eigenvalue weighted by molar-refractivity contribution is 0.0913. The Morgan fingerprint density at radius 3 is 2.52 bits per heavy atom. The standard InChI is InChI=1S/C19H24N2OS/c1-14-12-18(23-15(14)2)19(22)20-17-8-10-21(11-9-17)13-16-6-4-3-5-7-16/h3-7,12,17H,8-11,13H2,1-2H3,(H,20,22). The van der Waals surface area contributed by atoms with Crippen molar-refractivity contribution in [1.82, 2.24) is 10.2 Å². The molecule has 1 saturated heterocycles. The van der Waals surface area contributed by atoms with Crippen molar-refractivity contribution < 1.29 is 4.79 Å². The van der Waals surface area contributed by atoms with Crippen molar-refractivity contribution in [3.63, 3.8) is 0 Å². The Kier molecular flexibility index (Phi) is 5.13. The fourth-order valence-corrected chi connectivity index (χ4v) is 3.96. The number of nitrogens with zero attached hydrogens (tertiary/aromatic N) is 1. The lowest BCUT2D eigenvalue weighted by Gasteiger charge is -2.32. The Balaban J connectivity index is 1.48. The highest BCUT2D eigenvalue weighted by molar-refractivity contribution is 7.14. The van der Waals surface area contributed by atoms with Gasteiger partial charge in [-0.25, -0.2) is 0 Å². The Labute approximate surface area is 142 Å². The maximum Gasteiger partial charge on any atom is 0.261 e. The molecule has 23 heavy (non-hydrogen) atoms. The number of carbonyl (C=O) groups is 1. The highest BCUT2D eigenvalue weighted by Gasteiger charge is 2.22. The molecule has 1 amide bonds. The molecule has 0 aliphatic carbocycles. The van der Waals surface area contributed by atoms with Crippen molar-refractivity contribution in [2.45, 2.75) is 39.3 Å². The van der Waals surface area contributed by atoms with Crippen molar-refractivity contribution in [3.8, 4) is 0 Å². The third-order valence-electron chi connectivity index (χ3n) is 4.56. The molecule has 1 aromatic carbocycles. The van der Waals surface area contributed by atoms with Gasteiger partial charge < -0.3 is 5.32 Å². The Bertz CT molecular complexity index is 638. The van der Waals surface area contributed by atoms with Gasteiger partial charge in [0.15, 0.2) is 0 Å². The fourth-order valence-electron chi connectivity index (χ4n) is 3.02. The fraction of sp³-hybridized carbons (Fsp3) is 0.421. The number of carbonyl (C=O) groups excluding carboxylic acids is 1. The SMILES string of the molecule is Cc1cc(C(=O)NC2CCN(Cc3ccccc3)CC2)sc1C. The van der Waals surface area contributed by atoms with Crippen molar-refractivity contribution in [1.29, 1.82) is 0 Å². The van der Waals surface area contributed by atoms with Crippen LogP contribution in [0.2, 0.25) is 0 Å². The van der Waals surface area contributed by atoms with Crippen LogP contribution in [-0.2, 0) is 6.54 Å². The average Bonchev–Trinajstić information content (AvgIpc) is 2.90. The summed E-state index contributed by atoms with van der Waals surface area (Å²) in [4.78, 5) is 16.9. The van der Waals surface area contributed by atoms with Crippen LogP contribution in [0.1, 0.15) is 38.5 Å². The summed E-state index contributed by atoms with van der Waals surface area (Å²) < 4.78 is 0. The van der Waals surface area contributed by atoms with Crippen LogP contribution < -0.4 is 5.32 Å². The zero-order chi connectivity index (χ0) is 16.2. The van der Waals surface area contributed by atoms with Gasteiger partial charge >= 0.3 is 0 Å². The second-order valence-electron chi connectivity index (χ2n) is 6.36. The molecule has 0 saturated carbocycles. The Morgan fingerprint density at radius 1 is 1.22 bits per heavy atom. The molecule has 1 aromatic heterocycles. The Hall–Kier alpha value is -1.65. The topological polar surface area (TPSA) is 32.3 Å². The van der Waals surface area contributed by atoms with Gasteiger partial charge in [-0.2, -0.15) is 0 Å². The molecule has 1 fully saturated rings. The number of amides is 1. The second-order valence-corrected chi connectivity index (χ2v) is 7.62. The zero-order valence-electron chi connectivity index (χ0n) is 13.8. The first-order chi connectivity index (χ1) is 11.1. The minimum absolute atomic E-state index is 0.0905. The van der Waals surface area contributed by atoms with Crippen molar-refractivity contribution in [2.75, 3.05) is 13.1 Å². The summed E-state index contributed by atoms with van der Waals surface area (Å²) in [7, 11) is 0. The first-order valence-electron chi connectivity index (χ1n) is 8.26. The van der Waals surface area contributed by atoms with E-state index in [9.17, 15) is 4.79 Å². The highest BCUT2D eigenvalue weighted by atomic mass is 32.1. The first-order valence-corrected chi connectivity index (χ1v) is 9.07. The molecule has 4 heteroatoms. The molecule has 0 atom stereocenters. The maximum absolute atomic E-state index is 12.3. The number of hydrogen-bond donors (Lipinski definition) is 1. The summed E-state index contributed by atoms with van der Waals surface area (Å²) in [6.45, 7) is 7.22. The van der Waals surface area contributed by atoms with E-state index in [1.54, 1.807) is 11.3 Å². The van der Waals surface area contributed by atoms with E-state index in [1.165, 1.54) is 16.0 Å². The van der Waals surface area contributed by atoms with Crippen LogP contribution in [0.4, 0.5) is 0 Å². The van der Waals surface area contributed by atoms with Crippen LogP contribution in [0.15, 0.2) is 36.4 Å². The zero-order valence-corrected chi connectivity index (χ0v) is 14.7.